The third kappa shape index (κ3) is 1.93. The highest BCUT2D eigenvalue weighted by Gasteiger charge is 2.07. The van der Waals surface area contributed by atoms with Crippen molar-refractivity contribution in [1.82, 2.24) is 3.59 Å². The van der Waals surface area contributed by atoms with Gasteiger partial charge in [-0.3, -0.25) is 4.79 Å². The van der Waals surface area contributed by atoms with Crippen molar-refractivity contribution in [1.29, 1.82) is 0 Å². The minimum Gasteiger partial charge on any atom is -0.268 e. The van der Waals surface area contributed by atoms with Crippen molar-refractivity contribution in [2.75, 3.05) is 0 Å². The van der Waals surface area contributed by atoms with Gasteiger partial charge >= 0.3 is 0 Å². The summed E-state index contributed by atoms with van der Waals surface area (Å²) in [4.78, 5) is 12.2. The van der Waals surface area contributed by atoms with E-state index in [0.717, 1.165) is 10.5 Å². The zero-order valence-electron chi connectivity index (χ0n) is 6.91. The molecule has 66 valence electrons. The molecule has 0 aliphatic rings. The molecule has 2 nitrogen and oxygen atoms in total. The van der Waals surface area contributed by atoms with Gasteiger partial charge in [-0.1, -0.05) is 13.8 Å². The lowest BCUT2D eigenvalue weighted by Crippen LogP contribution is -2.17. The highest BCUT2D eigenvalue weighted by atomic mass is 79.9. The van der Waals surface area contributed by atoms with E-state index in [9.17, 15) is 4.79 Å². The van der Waals surface area contributed by atoms with Crippen LogP contribution in [-0.2, 0) is 0 Å². The molecule has 0 aromatic carbocycles. The second-order valence-corrected chi connectivity index (χ2v) is 4.21. The second kappa shape index (κ2) is 3.66. The maximum atomic E-state index is 11.4. The molecule has 0 amide bonds. The van der Waals surface area contributed by atoms with Crippen molar-refractivity contribution in [2.24, 2.45) is 0 Å². The van der Waals surface area contributed by atoms with Crippen molar-refractivity contribution in [2.45, 2.75) is 24.7 Å². The largest absolute Gasteiger partial charge is 0.268 e. The number of pyridine rings is 1. The lowest BCUT2D eigenvalue weighted by atomic mass is 10.1. The summed E-state index contributed by atoms with van der Waals surface area (Å²) in [6.45, 7) is 3.97. The Kier molecular flexibility index (Phi) is 3.01. The second-order valence-electron chi connectivity index (χ2n) is 2.92. The predicted molar refractivity (Wildman–Crippen MR) is 56.4 cm³/mol. The fourth-order valence-electron chi connectivity index (χ4n) is 0.970. The molecule has 0 atom stereocenters. The number of halogens is 1. The molecule has 0 bridgehead atoms. The van der Waals surface area contributed by atoms with Gasteiger partial charge < -0.3 is 0 Å². The van der Waals surface area contributed by atoms with Crippen LogP contribution in [0.5, 0.6) is 0 Å². The average molecular weight is 248 g/mol. The zero-order valence-corrected chi connectivity index (χ0v) is 9.39. The lowest BCUT2D eigenvalue weighted by Gasteiger charge is -2.06. The Balaban J connectivity index is 3.38. The summed E-state index contributed by atoms with van der Waals surface area (Å²) in [6, 6.07) is 1.80. The van der Waals surface area contributed by atoms with Crippen molar-refractivity contribution < 1.29 is 0 Å². The molecule has 4 heteroatoms. The molecule has 1 aromatic heterocycles. The first kappa shape index (κ1) is 9.86. The van der Waals surface area contributed by atoms with E-state index in [-0.39, 0.29) is 11.5 Å². The number of thiol groups is 1. The molecule has 0 saturated carbocycles. The van der Waals surface area contributed by atoms with Gasteiger partial charge in [-0.05, 0) is 12.0 Å². The fraction of sp³-hybridized carbons (Fsp3) is 0.375. The highest BCUT2D eigenvalue weighted by molar-refractivity contribution is 9.08. The third-order valence-electron chi connectivity index (χ3n) is 1.61. The Morgan fingerprint density at radius 3 is 2.67 bits per heavy atom. The Labute approximate surface area is 85.4 Å². The summed E-state index contributed by atoms with van der Waals surface area (Å²) in [5, 5.41) is 0. The van der Waals surface area contributed by atoms with Crippen LogP contribution in [0.3, 0.4) is 0 Å². The zero-order chi connectivity index (χ0) is 9.30. The molecule has 1 rings (SSSR count). The molecule has 0 aliphatic carbocycles. The predicted octanol–water partition coefficient (Wildman–Crippen LogP) is 2.42. The van der Waals surface area contributed by atoms with E-state index in [4.69, 9.17) is 0 Å². The minimum atomic E-state index is -0.0113. The SMILES string of the molecule is CC(C)c1cc(S)cn(Br)c1=O. The summed E-state index contributed by atoms with van der Waals surface area (Å²) in [5.74, 6) is 0.230. The average Bonchev–Trinajstić information content (AvgIpc) is 1.96. The maximum absolute atomic E-state index is 11.4. The molecule has 0 aliphatic heterocycles. The van der Waals surface area contributed by atoms with Crippen LogP contribution in [0.4, 0.5) is 0 Å². The Morgan fingerprint density at radius 2 is 2.17 bits per heavy atom. The molecule has 0 radical (unpaired) electrons. The van der Waals surface area contributed by atoms with Crippen LogP contribution >= 0.6 is 28.8 Å². The van der Waals surface area contributed by atoms with Crippen molar-refractivity contribution in [3.05, 3.63) is 28.2 Å². The summed E-state index contributed by atoms with van der Waals surface area (Å²) >= 11 is 7.30. The Morgan fingerprint density at radius 1 is 1.58 bits per heavy atom. The smallest absolute Gasteiger partial charge is 0.264 e. The molecule has 1 heterocycles. The topological polar surface area (TPSA) is 22.0 Å². The van der Waals surface area contributed by atoms with E-state index < -0.39 is 0 Å². The van der Waals surface area contributed by atoms with E-state index in [1.54, 1.807) is 12.3 Å². The minimum absolute atomic E-state index is 0.0113. The van der Waals surface area contributed by atoms with Gasteiger partial charge in [0.05, 0.1) is 16.1 Å². The van der Waals surface area contributed by atoms with E-state index in [1.165, 1.54) is 3.59 Å². The maximum Gasteiger partial charge on any atom is 0.264 e. The summed E-state index contributed by atoms with van der Waals surface area (Å²) in [6.07, 6.45) is 1.64. The standard InChI is InChI=1S/C8H10BrNOS/c1-5(2)7-3-6(12)4-10(9)8(7)11/h3-5,12H,1-2H3. The molecule has 0 spiro atoms. The number of aromatic nitrogens is 1. The van der Waals surface area contributed by atoms with Crippen LogP contribution in [-0.4, -0.2) is 3.59 Å². The van der Waals surface area contributed by atoms with Gasteiger partial charge in [-0.15, -0.1) is 12.6 Å². The van der Waals surface area contributed by atoms with Gasteiger partial charge in [0, 0.05) is 16.7 Å². The Bertz CT molecular complexity index is 345. The molecule has 1 aromatic rings. The quantitative estimate of drug-likeness (QED) is 0.757. The molecule has 0 N–H and O–H groups in total. The molecule has 0 fully saturated rings. The molecule has 0 unspecified atom stereocenters. The van der Waals surface area contributed by atoms with Crippen LogP contribution in [0.15, 0.2) is 22.0 Å². The van der Waals surface area contributed by atoms with E-state index >= 15 is 0 Å². The van der Waals surface area contributed by atoms with Gasteiger partial charge in [-0.25, -0.2) is 3.59 Å². The normalized spacial score (nSPS) is 10.8. The van der Waals surface area contributed by atoms with Crippen LogP contribution in [0, 0.1) is 0 Å². The Hall–Kier alpha value is -0.220. The number of hydrogen-bond acceptors (Lipinski definition) is 2. The van der Waals surface area contributed by atoms with E-state index in [0.29, 0.717) is 0 Å². The van der Waals surface area contributed by atoms with Crippen LogP contribution in [0.2, 0.25) is 0 Å². The first-order valence-corrected chi connectivity index (χ1v) is 4.79. The summed E-state index contributed by atoms with van der Waals surface area (Å²) in [7, 11) is 0. The van der Waals surface area contributed by atoms with Crippen LogP contribution in [0.25, 0.3) is 0 Å². The van der Waals surface area contributed by atoms with Crippen LogP contribution in [0.1, 0.15) is 25.3 Å². The van der Waals surface area contributed by atoms with Gasteiger partial charge in [0.2, 0.25) is 0 Å². The lowest BCUT2D eigenvalue weighted by molar-refractivity contribution is 0.831. The molecule has 12 heavy (non-hydrogen) atoms. The highest BCUT2D eigenvalue weighted by Crippen LogP contribution is 2.14. The van der Waals surface area contributed by atoms with Gasteiger partial charge in [-0.2, -0.15) is 0 Å². The summed E-state index contributed by atoms with van der Waals surface area (Å²) in [5.41, 5.74) is 0.766. The van der Waals surface area contributed by atoms with E-state index in [1.807, 2.05) is 13.8 Å². The molecule has 0 saturated heterocycles. The third-order valence-corrected chi connectivity index (χ3v) is 2.38. The van der Waals surface area contributed by atoms with Crippen molar-refractivity contribution in [3.63, 3.8) is 0 Å². The molecular weight excluding hydrogens is 238 g/mol. The first-order chi connectivity index (χ1) is 5.52. The number of hydrogen-bond donors (Lipinski definition) is 1. The number of rotatable bonds is 1. The first-order valence-electron chi connectivity index (χ1n) is 3.64. The van der Waals surface area contributed by atoms with E-state index in [2.05, 4.69) is 28.8 Å². The van der Waals surface area contributed by atoms with Crippen LogP contribution < -0.4 is 5.56 Å². The van der Waals surface area contributed by atoms with Gasteiger partial charge in [0.15, 0.2) is 0 Å². The monoisotopic (exact) mass is 247 g/mol. The summed E-state index contributed by atoms with van der Waals surface area (Å²) < 4.78 is 1.38. The van der Waals surface area contributed by atoms with Crippen molar-refractivity contribution in [3.8, 4) is 0 Å². The molecular formula is C8H10BrNOS. The van der Waals surface area contributed by atoms with Gasteiger partial charge in [0.25, 0.3) is 5.56 Å². The van der Waals surface area contributed by atoms with Crippen molar-refractivity contribution >= 4 is 28.8 Å². The van der Waals surface area contributed by atoms with Gasteiger partial charge in [0.1, 0.15) is 0 Å². The number of nitrogens with zero attached hydrogens (tertiary/aromatic N) is 1. The fourth-order valence-corrected chi connectivity index (χ4v) is 1.81.